The van der Waals surface area contributed by atoms with Crippen molar-refractivity contribution in [3.05, 3.63) is 22.4 Å². The molecule has 0 bridgehead atoms. The number of hydrogen-bond acceptors (Lipinski definition) is 3. The highest BCUT2D eigenvalue weighted by atomic mass is 79.9. The van der Waals surface area contributed by atoms with Gasteiger partial charge in [0, 0.05) is 5.33 Å². The zero-order valence-corrected chi connectivity index (χ0v) is 7.52. The number of aliphatic hydroxyl groups excluding tert-OH is 1. The molecule has 1 aromatic rings. The van der Waals surface area contributed by atoms with Crippen LogP contribution < -0.4 is 0 Å². The van der Waals surface area contributed by atoms with Crippen LogP contribution in [0.5, 0.6) is 0 Å². The number of aliphatic hydroxyl groups is 1. The molecule has 0 aromatic carbocycles. The smallest absolute Gasteiger partial charge is 0.283 e. The lowest BCUT2D eigenvalue weighted by Gasteiger charge is -1.77. The van der Waals surface area contributed by atoms with Gasteiger partial charge in [-0.25, -0.2) is 0 Å². The van der Waals surface area contributed by atoms with Crippen LogP contribution in [0.3, 0.4) is 0 Å². The molecule has 1 aromatic heterocycles. The second kappa shape index (κ2) is 6.59. The van der Waals surface area contributed by atoms with E-state index < -0.39 is 0 Å². The number of thiophene rings is 1. The van der Waals surface area contributed by atoms with Crippen LogP contribution in [0.4, 0.5) is 0 Å². The first-order valence-electron chi connectivity index (χ1n) is 2.45. The molecule has 0 aliphatic heterocycles. The first kappa shape index (κ1) is 9.47. The average Bonchev–Trinajstić information content (AvgIpc) is 2.39. The highest BCUT2D eigenvalue weighted by molar-refractivity contribution is 9.08. The highest BCUT2D eigenvalue weighted by Crippen LogP contribution is 2.08. The molecule has 10 heavy (non-hydrogen) atoms. The lowest BCUT2D eigenvalue weighted by molar-refractivity contribution is 0.503. The summed E-state index contributed by atoms with van der Waals surface area (Å²) in [4.78, 5) is 0. The fourth-order valence-electron chi connectivity index (χ4n) is 0.369. The van der Waals surface area contributed by atoms with Gasteiger partial charge in [-0.05, 0) is 22.4 Å². The maximum absolute atomic E-state index is 6.88. The summed E-state index contributed by atoms with van der Waals surface area (Å²) in [6, 6.07) is 2.11. The molecule has 0 aliphatic carbocycles. The molecule has 2 nitrogen and oxygen atoms in total. The van der Waals surface area contributed by atoms with Crippen molar-refractivity contribution in [1.29, 1.82) is 5.26 Å². The molecule has 0 saturated heterocycles. The van der Waals surface area contributed by atoms with Crippen LogP contribution in [0.25, 0.3) is 0 Å². The topological polar surface area (TPSA) is 44.0 Å². The number of halogens is 1. The Morgan fingerprint density at radius 1 is 1.80 bits per heavy atom. The zero-order chi connectivity index (χ0) is 7.82. The van der Waals surface area contributed by atoms with Gasteiger partial charge in [-0.1, -0.05) is 15.9 Å². The van der Waals surface area contributed by atoms with Crippen molar-refractivity contribution in [3.8, 4) is 6.26 Å². The lowest BCUT2D eigenvalue weighted by Crippen LogP contribution is -1.61. The summed E-state index contributed by atoms with van der Waals surface area (Å²) in [6.07, 6.45) is 0.750. The van der Waals surface area contributed by atoms with Gasteiger partial charge in [-0.2, -0.15) is 16.6 Å². The predicted molar refractivity (Wildman–Crippen MR) is 44.5 cm³/mol. The van der Waals surface area contributed by atoms with Crippen LogP contribution in [0.2, 0.25) is 0 Å². The van der Waals surface area contributed by atoms with Crippen LogP contribution in [0.1, 0.15) is 5.56 Å². The van der Waals surface area contributed by atoms with E-state index in [1.54, 1.807) is 11.3 Å². The Bertz CT molecular complexity index is 192. The van der Waals surface area contributed by atoms with E-state index in [2.05, 4.69) is 32.8 Å². The maximum Gasteiger partial charge on any atom is 0.283 e. The first-order chi connectivity index (χ1) is 4.85. The number of nitriles is 1. The molecule has 0 unspecified atom stereocenters. The van der Waals surface area contributed by atoms with Crippen molar-refractivity contribution in [3.63, 3.8) is 0 Å². The third-order valence-corrected chi connectivity index (χ3v) is 2.11. The summed E-state index contributed by atoms with van der Waals surface area (Å²) in [5.41, 5.74) is 1.37. The van der Waals surface area contributed by atoms with Gasteiger partial charge >= 0.3 is 0 Å². The van der Waals surface area contributed by atoms with E-state index in [0.717, 1.165) is 11.6 Å². The normalized spacial score (nSPS) is 7.20. The van der Waals surface area contributed by atoms with Crippen LogP contribution >= 0.6 is 27.3 Å². The number of nitrogens with zero attached hydrogens (tertiary/aromatic N) is 1. The molecule has 0 radical (unpaired) electrons. The Labute approximate surface area is 71.9 Å². The Morgan fingerprint density at radius 3 is 2.60 bits per heavy atom. The fraction of sp³-hybridized carbons (Fsp3) is 0.167. The van der Waals surface area contributed by atoms with Gasteiger partial charge in [0.2, 0.25) is 0 Å². The molecule has 4 heteroatoms. The molecule has 0 aliphatic rings. The van der Waals surface area contributed by atoms with E-state index in [4.69, 9.17) is 10.4 Å². The highest BCUT2D eigenvalue weighted by Gasteiger charge is 1.83. The summed E-state index contributed by atoms with van der Waals surface area (Å²) in [7, 11) is 0. The second-order valence-corrected chi connectivity index (χ2v) is 2.71. The van der Waals surface area contributed by atoms with Gasteiger partial charge in [-0.3, -0.25) is 0 Å². The van der Waals surface area contributed by atoms with Crippen molar-refractivity contribution < 1.29 is 5.11 Å². The van der Waals surface area contributed by atoms with Gasteiger partial charge < -0.3 is 5.11 Å². The molecule has 0 atom stereocenters. The largest absolute Gasteiger partial charge is 0.443 e. The Kier molecular flexibility index (Phi) is 6.24. The third-order valence-electron chi connectivity index (χ3n) is 0.734. The molecule has 0 spiro atoms. The predicted octanol–water partition coefficient (Wildman–Crippen LogP) is 2.48. The summed E-state index contributed by atoms with van der Waals surface area (Å²) in [5, 5.41) is 18.9. The minimum Gasteiger partial charge on any atom is -0.443 e. The molecule has 1 rings (SSSR count). The third kappa shape index (κ3) is 4.36. The Hall–Kier alpha value is -0.530. The zero-order valence-electron chi connectivity index (χ0n) is 5.12. The summed E-state index contributed by atoms with van der Waals surface area (Å²) in [5.74, 6) is 0. The quantitative estimate of drug-likeness (QED) is 0.583. The number of rotatable bonds is 1. The van der Waals surface area contributed by atoms with E-state index in [1.165, 1.54) is 5.56 Å². The van der Waals surface area contributed by atoms with Crippen LogP contribution in [0, 0.1) is 11.5 Å². The van der Waals surface area contributed by atoms with Crippen molar-refractivity contribution in [2.75, 3.05) is 0 Å². The number of hydrogen-bond donors (Lipinski definition) is 1. The maximum atomic E-state index is 6.88. The molecule has 1 N–H and O–H groups in total. The van der Waals surface area contributed by atoms with E-state index in [9.17, 15) is 0 Å². The summed E-state index contributed by atoms with van der Waals surface area (Å²) in [6.45, 7) is 0. The van der Waals surface area contributed by atoms with Crippen molar-refractivity contribution in [2.24, 2.45) is 0 Å². The molecule has 0 fully saturated rings. The standard InChI is InChI=1S/C5H5BrS.CHNO/c6-3-5-1-2-7-4-5;2-1-3/h1-2,4H,3H2;3H. The summed E-state index contributed by atoms with van der Waals surface area (Å²) >= 11 is 5.08. The molecule has 0 saturated carbocycles. The SMILES string of the molecule is BrCc1ccsc1.N#CO. The lowest BCUT2D eigenvalue weighted by atomic mass is 10.4. The van der Waals surface area contributed by atoms with E-state index in [0.29, 0.717) is 0 Å². The Morgan fingerprint density at radius 2 is 2.40 bits per heavy atom. The van der Waals surface area contributed by atoms with Gasteiger partial charge in [0.15, 0.2) is 0 Å². The number of alkyl halides is 1. The van der Waals surface area contributed by atoms with Crippen molar-refractivity contribution >= 4 is 27.3 Å². The van der Waals surface area contributed by atoms with E-state index in [-0.39, 0.29) is 0 Å². The minimum absolute atomic E-state index is 0.750. The average molecular weight is 220 g/mol. The Balaban J connectivity index is 0.000000236. The van der Waals surface area contributed by atoms with Gasteiger partial charge in [0.05, 0.1) is 0 Å². The van der Waals surface area contributed by atoms with E-state index >= 15 is 0 Å². The first-order valence-corrected chi connectivity index (χ1v) is 4.51. The van der Waals surface area contributed by atoms with Gasteiger partial charge in [0.1, 0.15) is 0 Å². The molecule has 54 valence electrons. The molecular formula is C6H6BrNOS. The fourth-order valence-corrected chi connectivity index (χ4v) is 1.60. The molecular weight excluding hydrogens is 214 g/mol. The van der Waals surface area contributed by atoms with Gasteiger partial charge in [0.25, 0.3) is 6.26 Å². The van der Waals surface area contributed by atoms with E-state index in [1.807, 2.05) is 0 Å². The van der Waals surface area contributed by atoms with Gasteiger partial charge in [-0.15, -0.1) is 0 Å². The monoisotopic (exact) mass is 219 g/mol. The second-order valence-electron chi connectivity index (χ2n) is 1.37. The summed E-state index contributed by atoms with van der Waals surface area (Å²) < 4.78 is 0. The van der Waals surface area contributed by atoms with Crippen LogP contribution in [0.15, 0.2) is 16.8 Å². The molecule has 1 heterocycles. The molecule has 0 amide bonds. The van der Waals surface area contributed by atoms with Crippen molar-refractivity contribution in [2.45, 2.75) is 5.33 Å². The van der Waals surface area contributed by atoms with Crippen LogP contribution in [-0.4, -0.2) is 5.11 Å². The van der Waals surface area contributed by atoms with Crippen LogP contribution in [-0.2, 0) is 5.33 Å². The minimum atomic E-state index is 0.750. The van der Waals surface area contributed by atoms with Crippen molar-refractivity contribution in [1.82, 2.24) is 0 Å².